The van der Waals surface area contributed by atoms with Crippen molar-refractivity contribution in [1.82, 2.24) is 0 Å². The van der Waals surface area contributed by atoms with E-state index in [1.54, 1.807) is 5.38 Å². The minimum atomic E-state index is -0.498. The summed E-state index contributed by atoms with van der Waals surface area (Å²) in [6.07, 6.45) is 0. The van der Waals surface area contributed by atoms with E-state index in [-0.39, 0.29) is 16.4 Å². The zero-order chi connectivity index (χ0) is 12.6. The zero-order valence-corrected chi connectivity index (χ0v) is 11.1. The highest BCUT2D eigenvalue weighted by Gasteiger charge is 2.19. The Kier molecular flexibility index (Phi) is 3.52. The van der Waals surface area contributed by atoms with Crippen molar-refractivity contribution < 1.29 is 9.18 Å². The molecule has 0 saturated heterocycles. The first kappa shape index (κ1) is 12.6. The van der Waals surface area contributed by atoms with Gasteiger partial charge in [-0.3, -0.25) is 4.79 Å². The molecule has 0 aliphatic rings. The average Bonchev–Trinajstić information content (AvgIpc) is 2.62. The molecule has 0 aliphatic carbocycles. The van der Waals surface area contributed by atoms with Crippen LogP contribution in [-0.4, -0.2) is 5.78 Å². The highest BCUT2D eigenvalue weighted by Crippen LogP contribution is 2.31. The summed E-state index contributed by atoms with van der Waals surface area (Å²) in [5, 5.41) is 2.40. The van der Waals surface area contributed by atoms with Crippen LogP contribution in [0.1, 0.15) is 20.8 Å². The van der Waals surface area contributed by atoms with Gasteiger partial charge in [-0.05, 0) is 36.1 Å². The van der Waals surface area contributed by atoms with Gasteiger partial charge in [0.25, 0.3) is 0 Å². The number of hydrogen-bond acceptors (Lipinski definition) is 2. The summed E-state index contributed by atoms with van der Waals surface area (Å²) in [6.45, 7) is 1.81. The summed E-state index contributed by atoms with van der Waals surface area (Å²) >= 11 is 13.1. The Bertz CT molecular complexity index is 592. The van der Waals surface area contributed by atoms with Crippen molar-refractivity contribution in [1.29, 1.82) is 0 Å². The Balaban J connectivity index is 2.51. The summed E-state index contributed by atoms with van der Waals surface area (Å²) in [7, 11) is 0. The van der Waals surface area contributed by atoms with Crippen LogP contribution in [0.4, 0.5) is 4.39 Å². The molecule has 0 aliphatic heterocycles. The standard InChI is InChI=1S/C12H7Cl2FOS/c1-6-5-17-12(10(6)14)11(16)8-4-7(15)2-3-9(8)13/h2-5H,1H3. The van der Waals surface area contributed by atoms with E-state index in [9.17, 15) is 9.18 Å². The number of carbonyl (C=O) groups excluding carboxylic acids is 1. The largest absolute Gasteiger partial charge is 0.288 e. The first-order valence-corrected chi connectivity index (χ1v) is 6.37. The number of ketones is 1. The van der Waals surface area contributed by atoms with Crippen LogP contribution in [0.3, 0.4) is 0 Å². The molecule has 1 nitrogen and oxygen atoms in total. The molecule has 1 aromatic carbocycles. The highest BCUT2D eigenvalue weighted by molar-refractivity contribution is 7.13. The molecule has 0 fully saturated rings. The Hall–Kier alpha value is -0.900. The normalized spacial score (nSPS) is 10.6. The van der Waals surface area contributed by atoms with Gasteiger partial charge in [0.15, 0.2) is 0 Å². The van der Waals surface area contributed by atoms with Crippen molar-refractivity contribution in [3.05, 3.63) is 55.4 Å². The quantitative estimate of drug-likeness (QED) is 0.730. The number of hydrogen-bond donors (Lipinski definition) is 0. The molecule has 1 heterocycles. The Morgan fingerprint density at radius 1 is 1.35 bits per heavy atom. The van der Waals surface area contributed by atoms with Crippen molar-refractivity contribution in [2.45, 2.75) is 6.92 Å². The van der Waals surface area contributed by atoms with Gasteiger partial charge in [0.1, 0.15) is 5.82 Å². The fourth-order valence-electron chi connectivity index (χ4n) is 1.38. The molecular weight excluding hydrogens is 282 g/mol. The Morgan fingerprint density at radius 2 is 2.06 bits per heavy atom. The second-order valence-electron chi connectivity index (χ2n) is 3.52. The van der Waals surface area contributed by atoms with Crippen LogP contribution >= 0.6 is 34.5 Å². The van der Waals surface area contributed by atoms with E-state index in [0.717, 1.165) is 11.6 Å². The van der Waals surface area contributed by atoms with Crippen molar-refractivity contribution in [3.8, 4) is 0 Å². The molecule has 2 rings (SSSR count). The van der Waals surface area contributed by atoms with Crippen LogP contribution in [0.5, 0.6) is 0 Å². The lowest BCUT2D eigenvalue weighted by Crippen LogP contribution is -2.01. The molecule has 5 heteroatoms. The molecule has 88 valence electrons. The number of benzene rings is 1. The number of thiophene rings is 1. The molecule has 0 N–H and O–H groups in total. The number of halogens is 3. The lowest BCUT2D eigenvalue weighted by Gasteiger charge is -2.02. The minimum Gasteiger partial charge on any atom is -0.288 e. The summed E-state index contributed by atoms with van der Waals surface area (Å²) in [4.78, 5) is 12.5. The van der Waals surface area contributed by atoms with Gasteiger partial charge in [0.05, 0.1) is 14.9 Å². The van der Waals surface area contributed by atoms with Gasteiger partial charge in [-0.1, -0.05) is 23.2 Å². The average molecular weight is 289 g/mol. The van der Waals surface area contributed by atoms with E-state index in [4.69, 9.17) is 23.2 Å². The fourth-order valence-corrected chi connectivity index (χ4v) is 2.81. The van der Waals surface area contributed by atoms with Crippen LogP contribution < -0.4 is 0 Å². The molecule has 0 radical (unpaired) electrons. The molecule has 2 aromatic rings. The van der Waals surface area contributed by atoms with Crippen molar-refractivity contribution in [3.63, 3.8) is 0 Å². The maximum absolute atomic E-state index is 13.1. The topological polar surface area (TPSA) is 17.1 Å². The lowest BCUT2D eigenvalue weighted by atomic mass is 10.1. The number of rotatable bonds is 2. The van der Waals surface area contributed by atoms with Crippen LogP contribution in [0, 0.1) is 12.7 Å². The lowest BCUT2D eigenvalue weighted by molar-refractivity contribution is 0.104. The van der Waals surface area contributed by atoms with Gasteiger partial charge in [0, 0.05) is 5.56 Å². The monoisotopic (exact) mass is 288 g/mol. The predicted molar refractivity (Wildman–Crippen MR) is 68.9 cm³/mol. The highest BCUT2D eigenvalue weighted by atomic mass is 35.5. The number of carbonyl (C=O) groups is 1. The third-order valence-corrected chi connectivity index (χ3v) is 4.30. The molecule has 0 spiro atoms. The van der Waals surface area contributed by atoms with Crippen molar-refractivity contribution >= 4 is 40.3 Å². The second kappa shape index (κ2) is 4.77. The molecule has 0 amide bonds. The van der Waals surface area contributed by atoms with Gasteiger partial charge >= 0.3 is 0 Å². The Labute approximate surface area is 112 Å². The predicted octanol–water partition coefficient (Wildman–Crippen LogP) is 4.73. The third-order valence-electron chi connectivity index (χ3n) is 2.28. The van der Waals surface area contributed by atoms with E-state index < -0.39 is 5.82 Å². The van der Waals surface area contributed by atoms with Gasteiger partial charge < -0.3 is 0 Å². The number of aryl methyl sites for hydroxylation is 1. The SMILES string of the molecule is Cc1csc(C(=O)c2cc(F)ccc2Cl)c1Cl. The van der Waals surface area contributed by atoms with Gasteiger partial charge in [-0.15, -0.1) is 11.3 Å². The molecule has 0 saturated carbocycles. The van der Waals surface area contributed by atoms with E-state index in [2.05, 4.69) is 0 Å². The third kappa shape index (κ3) is 2.37. The van der Waals surface area contributed by atoms with E-state index in [1.807, 2.05) is 6.92 Å². The molecule has 0 unspecified atom stereocenters. The summed E-state index contributed by atoms with van der Waals surface area (Å²) in [5.74, 6) is -0.847. The smallest absolute Gasteiger partial charge is 0.206 e. The molecule has 17 heavy (non-hydrogen) atoms. The van der Waals surface area contributed by atoms with Crippen molar-refractivity contribution in [2.75, 3.05) is 0 Å². The van der Waals surface area contributed by atoms with Gasteiger partial charge in [0.2, 0.25) is 5.78 Å². The molecule has 1 aromatic heterocycles. The maximum Gasteiger partial charge on any atom is 0.206 e. The van der Waals surface area contributed by atoms with Crippen LogP contribution in [0.25, 0.3) is 0 Å². The first-order chi connectivity index (χ1) is 8.00. The van der Waals surface area contributed by atoms with Crippen LogP contribution in [0.2, 0.25) is 10.0 Å². The fraction of sp³-hybridized carbons (Fsp3) is 0.0833. The van der Waals surface area contributed by atoms with Gasteiger partial charge in [-0.2, -0.15) is 0 Å². The summed E-state index contributed by atoms with van der Waals surface area (Å²) < 4.78 is 13.1. The first-order valence-electron chi connectivity index (χ1n) is 4.74. The maximum atomic E-state index is 13.1. The van der Waals surface area contributed by atoms with E-state index >= 15 is 0 Å². The van der Waals surface area contributed by atoms with E-state index in [0.29, 0.717) is 9.90 Å². The molecule has 0 atom stereocenters. The minimum absolute atomic E-state index is 0.135. The van der Waals surface area contributed by atoms with Gasteiger partial charge in [-0.25, -0.2) is 4.39 Å². The molecule has 0 bridgehead atoms. The van der Waals surface area contributed by atoms with Crippen molar-refractivity contribution in [2.24, 2.45) is 0 Å². The second-order valence-corrected chi connectivity index (χ2v) is 5.18. The molecular formula is C12H7Cl2FOS. The van der Waals surface area contributed by atoms with Crippen LogP contribution in [-0.2, 0) is 0 Å². The Morgan fingerprint density at radius 3 is 2.65 bits per heavy atom. The summed E-state index contributed by atoms with van der Waals surface area (Å²) in [6, 6.07) is 3.69. The van der Waals surface area contributed by atoms with E-state index in [1.165, 1.54) is 23.5 Å². The van der Waals surface area contributed by atoms with Crippen LogP contribution in [0.15, 0.2) is 23.6 Å². The summed E-state index contributed by atoms with van der Waals surface area (Å²) in [5.41, 5.74) is 0.961. The zero-order valence-electron chi connectivity index (χ0n) is 8.76.